The molecule has 2 N–H and O–H groups in total. The van der Waals surface area contributed by atoms with Gasteiger partial charge < -0.3 is 5.32 Å². The standard InChI is InChI=1S/C27H28F3N5O2S2/c1-15(2)14-32-26-31-13-12-20(33-26)23-22(34-25(38-23)27(3,4)5)16-8-6-11-19(21(16)30)35-39(36,37)24-17(28)9-7-10-18(24)29/h6-13,15,35H,14H2,1-5H3,(H,31,32,33). The van der Waals surface area contributed by atoms with E-state index in [1.165, 1.54) is 29.5 Å². The van der Waals surface area contributed by atoms with E-state index >= 15 is 4.39 Å². The van der Waals surface area contributed by atoms with Gasteiger partial charge in [0, 0.05) is 23.7 Å². The zero-order chi connectivity index (χ0) is 28.5. The third-order valence-corrected chi connectivity index (χ3v) is 8.43. The van der Waals surface area contributed by atoms with Gasteiger partial charge in [-0.3, -0.25) is 4.72 Å². The molecule has 2 aromatic carbocycles. The van der Waals surface area contributed by atoms with Crippen molar-refractivity contribution in [2.45, 2.75) is 44.9 Å². The number of hydrogen-bond acceptors (Lipinski definition) is 7. The highest BCUT2D eigenvalue weighted by molar-refractivity contribution is 7.92. The van der Waals surface area contributed by atoms with Crippen LogP contribution in [0, 0.1) is 23.4 Å². The maximum atomic E-state index is 15.9. The van der Waals surface area contributed by atoms with Gasteiger partial charge in [0.1, 0.15) is 11.6 Å². The first kappa shape index (κ1) is 28.5. The van der Waals surface area contributed by atoms with E-state index in [4.69, 9.17) is 4.98 Å². The Labute approximate surface area is 229 Å². The summed E-state index contributed by atoms with van der Waals surface area (Å²) in [5, 5.41) is 3.88. The van der Waals surface area contributed by atoms with Crippen LogP contribution in [-0.4, -0.2) is 29.9 Å². The van der Waals surface area contributed by atoms with Crippen molar-refractivity contribution in [2.24, 2.45) is 5.92 Å². The molecule has 2 aromatic heterocycles. The lowest BCUT2D eigenvalue weighted by atomic mass is 9.98. The lowest BCUT2D eigenvalue weighted by Gasteiger charge is -2.14. The molecule has 0 atom stereocenters. The Bertz CT molecular complexity index is 1600. The predicted octanol–water partition coefficient (Wildman–Crippen LogP) is 6.85. The SMILES string of the molecule is CC(C)CNc1nccc(-c2sc(C(C)(C)C)nc2-c2cccc(NS(=O)(=O)c3c(F)cccc3F)c2F)n1. The van der Waals surface area contributed by atoms with Crippen LogP contribution >= 0.6 is 11.3 Å². The molecule has 4 aromatic rings. The average Bonchev–Trinajstić information content (AvgIpc) is 3.30. The van der Waals surface area contributed by atoms with Gasteiger partial charge in [-0.1, -0.05) is 46.8 Å². The van der Waals surface area contributed by atoms with Gasteiger partial charge in [-0.2, -0.15) is 0 Å². The summed E-state index contributed by atoms with van der Waals surface area (Å²) < 4.78 is 71.9. The van der Waals surface area contributed by atoms with Crippen molar-refractivity contribution in [2.75, 3.05) is 16.6 Å². The molecule has 0 aliphatic rings. The fourth-order valence-electron chi connectivity index (χ4n) is 3.59. The molecule has 0 unspecified atom stereocenters. The third-order valence-electron chi connectivity index (χ3n) is 5.51. The van der Waals surface area contributed by atoms with E-state index in [2.05, 4.69) is 29.1 Å². The maximum Gasteiger partial charge on any atom is 0.267 e. The molecule has 0 saturated carbocycles. The number of nitrogens with zero attached hydrogens (tertiary/aromatic N) is 3. The van der Waals surface area contributed by atoms with Gasteiger partial charge in [0.2, 0.25) is 5.95 Å². The number of nitrogens with one attached hydrogen (secondary N) is 2. The second kappa shape index (κ2) is 10.9. The van der Waals surface area contributed by atoms with Crippen LogP contribution in [0.15, 0.2) is 53.6 Å². The number of hydrogen-bond donors (Lipinski definition) is 2. The molecule has 0 spiro atoms. The molecule has 7 nitrogen and oxygen atoms in total. The molecule has 0 fully saturated rings. The minimum absolute atomic E-state index is 0.00116. The summed E-state index contributed by atoms with van der Waals surface area (Å²) in [7, 11) is -4.78. The molecule has 4 rings (SSSR count). The minimum atomic E-state index is -4.78. The maximum absolute atomic E-state index is 15.9. The summed E-state index contributed by atoms with van der Waals surface area (Å²) >= 11 is 1.34. The lowest BCUT2D eigenvalue weighted by Crippen LogP contribution is -2.17. The van der Waals surface area contributed by atoms with E-state index in [1.807, 2.05) is 25.5 Å². The van der Waals surface area contributed by atoms with Crippen molar-refractivity contribution >= 4 is 33.0 Å². The second-order valence-electron chi connectivity index (χ2n) is 10.3. The molecule has 0 saturated heterocycles. The molecular formula is C27H28F3N5O2S2. The normalized spacial score (nSPS) is 12.1. The fraction of sp³-hybridized carbons (Fsp3) is 0.296. The Morgan fingerprint density at radius 2 is 1.64 bits per heavy atom. The van der Waals surface area contributed by atoms with Crippen LogP contribution in [0.25, 0.3) is 21.8 Å². The van der Waals surface area contributed by atoms with E-state index in [1.54, 1.807) is 12.3 Å². The van der Waals surface area contributed by atoms with Crippen LogP contribution in [0.5, 0.6) is 0 Å². The molecule has 0 bridgehead atoms. The van der Waals surface area contributed by atoms with E-state index in [9.17, 15) is 17.2 Å². The number of benzene rings is 2. The predicted molar refractivity (Wildman–Crippen MR) is 148 cm³/mol. The van der Waals surface area contributed by atoms with E-state index in [-0.39, 0.29) is 16.7 Å². The molecule has 0 radical (unpaired) electrons. The summed E-state index contributed by atoms with van der Waals surface area (Å²) in [6.45, 7) is 10.7. The lowest BCUT2D eigenvalue weighted by molar-refractivity contribution is 0.521. The van der Waals surface area contributed by atoms with Crippen molar-refractivity contribution in [3.8, 4) is 21.8 Å². The Balaban J connectivity index is 1.81. The fourth-order valence-corrected chi connectivity index (χ4v) is 5.90. The monoisotopic (exact) mass is 575 g/mol. The molecule has 39 heavy (non-hydrogen) atoms. The first-order valence-electron chi connectivity index (χ1n) is 12.1. The third kappa shape index (κ3) is 6.22. The van der Waals surface area contributed by atoms with Gasteiger partial charge >= 0.3 is 0 Å². The van der Waals surface area contributed by atoms with E-state index in [0.717, 1.165) is 18.2 Å². The van der Waals surface area contributed by atoms with Crippen molar-refractivity contribution < 1.29 is 21.6 Å². The summed E-state index contributed by atoms with van der Waals surface area (Å²) in [4.78, 5) is 12.9. The molecule has 2 heterocycles. The van der Waals surface area contributed by atoms with Gasteiger partial charge in [0.25, 0.3) is 10.0 Å². The summed E-state index contributed by atoms with van der Waals surface area (Å²) in [6, 6.07) is 8.42. The number of rotatable bonds is 8. The zero-order valence-corrected chi connectivity index (χ0v) is 23.6. The number of thiazole rings is 1. The Morgan fingerprint density at radius 3 is 2.28 bits per heavy atom. The topological polar surface area (TPSA) is 96.9 Å². The zero-order valence-electron chi connectivity index (χ0n) is 22.0. The minimum Gasteiger partial charge on any atom is -0.354 e. The number of anilines is 2. The van der Waals surface area contributed by atoms with E-state index in [0.29, 0.717) is 34.0 Å². The Hall–Kier alpha value is -3.51. The quantitative estimate of drug-likeness (QED) is 0.239. The van der Waals surface area contributed by atoms with Crippen LogP contribution in [0.4, 0.5) is 24.8 Å². The summed E-state index contributed by atoms with van der Waals surface area (Å²) in [6.07, 6.45) is 1.59. The van der Waals surface area contributed by atoms with Gasteiger partial charge in [-0.15, -0.1) is 11.3 Å². The van der Waals surface area contributed by atoms with Crippen molar-refractivity contribution in [3.63, 3.8) is 0 Å². The molecule has 12 heteroatoms. The van der Waals surface area contributed by atoms with Gasteiger partial charge in [0.05, 0.1) is 27.0 Å². The largest absolute Gasteiger partial charge is 0.354 e. The smallest absolute Gasteiger partial charge is 0.267 e. The van der Waals surface area contributed by atoms with Gasteiger partial charge in [-0.05, 0) is 36.2 Å². The second-order valence-corrected chi connectivity index (χ2v) is 12.9. The van der Waals surface area contributed by atoms with Gasteiger partial charge in [-0.25, -0.2) is 36.5 Å². The van der Waals surface area contributed by atoms with Crippen molar-refractivity contribution in [3.05, 3.63) is 71.1 Å². The molecule has 0 aliphatic carbocycles. The summed E-state index contributed by atoms with van der Waals surface area (Å²) in [5.41, 5.74) is -0.0802. The average molecular weight is 576 g/mol. The van der Waals surface area contributed by atoms with Crippen molar-refractivity contribution in [1.82, 2.24) is 15.0 Å². The number of sulfonamides is 1. The highest BCUT2D eigenvalue weighted by Crippen LogP contribution is 2.42. The first-order chi connectivity index (χ1) is 18.3. The molecule has 206 valence electrons. The summed E-state index contributed by atoms with van der Waals surface area (Å²) in [5.74, 6) is -2.76. The van der Waals surface area contributed by atoms with Crippen LogP contribution in [0.3, 0.4) is 0 Å². The Morgan fingerprint density at radius 1 is 0.974 bits per heavy atom. The molecule has 0 amide bonds. The van der Waals surface area contributed by atoms with Gasteiger partial charge in [0.15, 0.2) is 10.7 Å². The Kier molecular flexibility index (Phi) is 7.99. The number of halogens is 3. The van der Waals surface area contributed by atoms with Crippen LogP contribution < -0.4 is 10.0 Å². The first-order valence-corrected chi connectivity index (χ1v) is 14.4. The molecule has 0 aliphatic heterocycles. The highest BCUT2D eigenvalue weighted by Gasteiger charge is 2.28. The van der Waals surface area contributed by atoms with Crippen molar-refractivity contribution in [1.29, 1.82) is 0 Å². The molecular weight excluding hydrogens is 547 g/mol. The van der Waals surface area contributed by atoms with Crippen LogP contribution in [0.2, 0.25) is 0 Å². The number of aromatic nitrogens is 3. The highest BCUT2D eigenvalue weighted by atomic mass is 32.2. The van der Waals surface area contributed by atoms with E-state index < -0.39 is 38.1 Å². The van der Waals surface area contributed by atoms with Crippen LogP contribution in [0.1, 0.15) is 39.6 Å². The van der Waals surface area contributed by atoms with Crippen LogP contribution in [-0.2, 0) is 15.4 Å².